The molecule has 10 heteroatoms. The summed E-state index contributed by atoms with van der Waals surface area (Å²) in [4.78, 5) is 20.7. The first kappa shape index (κ1) is 21.1. The van der Waals surface area contributed by atoms with Crippen molar-refractivity contribution in [1.82, 2.24) is 19.2 Å². The molecule has 0 saturated carbocycles. The van der Waals surface area contributed by atoms with Gasteiger partial charge in [-0.15, -0.1) is 0 Å². The fourth-order valence-electron chi connectivity index (χ4n) is 3.03. The number of unbranched alkanes of at least 4 members (excludes halogenated alkanes) is 1. The lowest BCUT2D eigenvalue weighted by Gasteiger charge is -2.22. The molecule has 0 radical (unpaired) electrons. The highest BCUT2D eigenvalue weighted by Crippen LogP contribution is 2.18. The highest BCUT2D eigenvalue weighted by Gasteiger charge is 2.29. The fraction of sp³-hybridized carbons (Fsp3) is 0.474. The summed E-state index contributed by atoms with van der Waals surface area (Å²) in [5.41, 5.74) is 0.670. The Morgan fingerprint density at radius 2 is 2.00 bits per heavy atom. The minimum absolute atomic E-state index is 0.0663. The maximum atomic E-state index is 12.6. The number of carbonyl (C=O) groups excluding carboxylic acids is 1. The summed E-state index contributed by atoms with van der Waals surface area (Å²) in [6.07, 6.45) is 5.26. The van der Waals surface area contributed by atoms with Gasteiger partial charge in [0.1, 0.15) is 5.75 Å². The van der Waals surface area contributed by atoms with Crippen molar-refractivity contribution in [2.24, 2.45) is 0 Å². The van der Waals surface area contributed by atoms with Gasteiger partial charge in [-0.3, -0.25) is 0 Å². The van der Waals surface area contributed by atoms with Crippen molar-refractivity contribution in [3.8, 4) is 5.75 Å². The SMILES string of the molecule is CCCCOc1ccc(NC(=O)N2CCCN(S(=O)(=O)c3cnc[nH]3)CC2)cc1. The van der Waals surface area contributed by atoms with E-state index in [1.165, 1.54) is 16.8 Å². The van der Waals surface area contributed by atoms with Gasteiger partial charge in [0, 0.05) is 31.9 Å². The molecule has 1 aromatic heterocycles. The summed E-state index contributed by atoms with van der Waals surface area (Å²) < 4.78 is 32.2. The molecule has 0 atom stereocenters. The smallest absolute Gasteiger partial charge is 0.321 e. The van der Waals surface area contributed by atoms with Crippen molar-refractivity contribution in [1.29, 1.82) is 0 Å². The number of amides is 2. The summed E-state index contributed by atoms with van der Waals surface area (Å²) in [5.74, 6) is 0.769. The van der Waals surface area contributed by atoms with Gasteiger partial charge < -0.3 is 19.9 Å². The fourth-order valence-corrected chi connectivity index (χ4v) is 4.40. The van der Waals surface area contributed by atoms with Crippen molar-refractivity contribution in [2.45, 2.75) is 31.2 Å². The zero-order valence-corrected chi connectivity index (χ0v) is 17.3. The van der Waals surface area contributed by atoms with Crippen LogP contribution in [0.25, 0.3) is 0 Å². The zero-order valence-electron chi connectivity index (χ0n) is 16.5. The molecule has 2 amide bonds. The van der Waals surface area contributed by atoms with E-state index in [4.69, 9.17) is 4.74 Å². The topological polar surface area (TPSA) is 108 Å². The number of aromatic nitrogens is 2. The normalized spacial score (nSPS) is 15.7. The lowest BCUT2D eigenvalue weighted by atomic mass is 10.3. The van der Waals surface area contributed by atoms with Crippen LogP contribution in [0.2, 0.25) is 0 Å². The minimum atomic E-state index is -3.62. The second kappa shape index (κ2) is 9.75. The molecule has 2 heterocycles. The molecule has 1 aliphatic rings. The average Bonchev–Trinajstić information content (AvgIpc) is 3.14. The Morgan fingerprint density at radius 1 is 1.21 bits per heavy atom. The zero-order chi connectivity index (χ0) is 20.7. The first-order chi connectivity index (χ1) is 14.0. The summed E-state index contributed by atoms with van der Waals surface area (Å²) in [6, 6.07) is 7.00. The van der Waals surface area contributed by atoms with E-state index in [1.54, 1.807) is 17.0 Å². The van der Waals surface area contributed by atoms with Crippen LogP contribution < -0.4 is 10.1 Å². The lowest BCUT2D eigenvalue weighted by Crippen LogP contribution is -2.39. The molecule has 1 aromatic carbocycles. The molecule has 9 nitrogen and oxygen atoms in total. The number of aromatic amines is 1. The van der Waals surface area contributed by atoms with Crippen LogP contribution in [0.3, 0.4) is 0 Å². The van der Waals surface area contributed by atoms with Crippen molar-refractivity contribution < 1.29 is 17.9 Å². The number of benzene rings is 1. The van der Waals surface area contributed by atoms with Crippen molar-refractivity contribution in [2.75, 3.05) is 38.1 Å². The Labute approximate surface area is 171 Å². The molecule has 29 heavy (non-hydrogen) atoms. The van der Waals surface area contributed by atoms with Gasteiger partial charge in [-0.05, 0) is 37.1 Å². The van der Waals surface area contributed by atoms with Gasteiger partial charge in [-0.25, -0.2) is 18.2 Å². The summed E-state index contributed by atoms with van der Waals surface area (Å²) >= 11 is 0. The van der Waals surface area contributed by atoms with E-state index >= 15 is 0 Å². The third-order valence-corrected chi connectivity index (χ3v) is 6.53. The maximum absolute atomic E-state index is 12.6. The largest absolute Gasteiger partial charge is 0.494 e. The number of hydrogen-bond acceptors (Lipinski definition) is 5. The molecule has 158 valence electrons. The Hall–Kier alpha value is -2.59. The third kappa shape index (κ3) is 5.48. The van der Waals surface area contributed by atoms with Crippen molar-refractivity contribution in [3.63, 3.8) is 0 Å². The second-order valence-corrected chi connectivity index (χ2v) is 8.72. The van der Waals surface area contributed by atoms with Crippen LogP contribution in [0, 0.1) is 0 Å². The van der Waals surface area contributed by atoms with Crippen LogP contribution >= 0.6 is 0 Å². The van der Waals surface area contributed by atoms with E-state index in [2.05, 4.69) is 22.2 Å². The predicted octanol–water partition coefficient (Wildman–Crippen LogP) is 2.52. The average molecular weight is 422 g/mol. The molecule has 0 unspecified atom stereocenters. The van der Waals surface area contributed by atoms with E-state index < -0.39 is 10.0 Å². The van der Waals surface area contributed by atoms with E-state index in [0.29, 0.717) is 38.3 Å². The predicted molar refractivity (Wildman–Crippen MR) is 109 cm³/mol. The van der Waals surface area contributed by atoms with E-state index in [9.17, 15) is 13.2 Å². The van der Waals surface area contributed by atoms with E-state index in [1.807, 2.05) is 12.1 Å². The molecule has 1 saturated heterocycles. The molecule has 1 aliphatic heterocycles. The van der Waals surface area contributed by atoms with Gasteiger partial charge in [-0.2, -0.15) is 4.31 Å². The molecule has 0 spiro atoms. The van der Waals surface area contributed by atoms with Gasteiger partial charge in [0.2, 0.25) is 0 Å². The van der Waals surface area contributed by atoms with E-state index in [-0.39, 0.29) is 17.6 Å². The number of nitrogens with one attached hydrogen (secondary N) is 2. The van der Waals surface area contributed by atoms with Gasteiger partial charge >= 0.3 is 6.03 Å². The molecule has 2 aromatic rings. The Bertz CT molecular complexity index is 884. The van der Waals surface area contributed by atoms with Gasteiger partial charge in [0.25, 0.3) is 10.0 Å². The van der Waals surface area contributed by atoms with Crippen LogP contribution in [-0.4, -0.2) is 66.4 Å². The van der Waals surface area contributed by atoms with Crippen LogP contribution in [0.4, 0.5) is 10.5 Å². The quantitative estimate of drug-likeness (QED) is 0.668. The standard InChI is InChI=1S/C19H27N5O4S/c1-2-3-13-28-17-7-5-16(6-8-17)22-19(25)23-9-4-10-24(12-11-23)29(26,27)18-14-20-15-21-18/h5-8,14-15H,2-4,9-13H2,1H3,(H,20,21)(H,22,25). The Morgan fingerprint density at radius 3 is 2.69 bits per heavy atom. The second-order valence-electron chi connectivity index (χ2n) is 6.82. The van der Waals surface area contributed by atoms with Crippen LogP contribution in [-0.2, 0) is 10.0 Å². The molecule has 3 rings (SSSR count). The highest BCUT2D eigenvalue weighted by molar-refractivity contribution is 7.89. The molecule has 0 aliphatic carbocycles. The van der Waals surface area contributed by atoms with Crippen LogP contribution in [0.15, 0.2) is 41.8 Å². The number of imidazole rings is 1. The monoisotopic (exact) mass is 421 g/mol. The number of sulfonamides is 1. The number of nitrogens with zero attached hydrogens (tertiary/aromatic N) is 3. The number of ether oxygens (including phenoxy) is 1. The summed E-state index contributed by atoms with van der Waals surface area (Å²) in [6.45, 7) is 4.18. The van der Waals surface area contributed by atoms with Gasteiger partial charge in [0.15, 0.2) is 5.03 Å². The number of hydrogen-bond donors (Lipinski definition) is 2. The molecule has 2 N–H and O–H groups in total. The van der Waals surface area contributed by atoms with Crippen LogP contribution in [0.1, 0.15) is 26.2 Å². The van der Waals surface area contributed by atoms with Gasteiger partial charge in [0.05, 0.1) is 19.1 Å². The molecule has 0 bridgehead atoms. The number of urea groups is 1. The highest BCUT2D eigenvalue weighted by atomic mass is 32.2. The lowest BCUT2D eigenvalue weighted by molar-refractivity contribution is 0.214. The number of rotatable bonds is 7. The molecule has 1 fully saturated rings. The van der Waals surface area contributed by atoms with Crippen molar-refractivity contribution >= 4 is 21.7 Å². The summed E-state index contributed by atoms with van der Waals surface area (Å²) in [5, 5.41) is 2.93. The van der Waals surface area contributed by atoms with Crippen LogP contribution in [0.5, 0.6) is 5.75 Å². The van der Waals surface area contributed by atoms with E-state index in [0.717, 1.165) is 18.6 Å². The maximum Gasteiger partial charge on any atom is 0.321 e. The van der Waals surface area contributed by atoms with Crippen molar-refractivity contribution in [3.05, 3.63) is 36.8 Å². The molecular formula is C19H27N5O4S. The number of carbonyl (C=O) groups is 1. The number of H-pyrrole nitrogens is 1. The Balaban J connectivity index is 1.54. The number of anilines is 1. The minimum Gasteiger partial charge on any atom is -0.494 e. The summed E-state index contributed by atoms with van der Waals surface area (Å²) in [7, 11) is -3.62. The first-order valence-electron chi connectivity index (χ1n) is 9.78. The van der Waals surface area contributed by atoms with Gasteiger partial charge in [-0.1, -0.05) is 13.3 Å². The first-order valence-corrected chi connectivity index (χ1v) is 11.2. The Kier molecular flexibility index (Phi) is 7.10. The molecular weight excluding hydrogens is 394 g/mol. The third-order valence-electron chi connectivity index (χ3n) is 4.71.